The summed E-state index contributed by atoms with van der Waals surface area (Å²) in [7, 11) is 4.10. The lowest BCUT2D eigenvalue weighted by molar-refractivity contribution is 0.674. The van der Waals surface area contributed by atoms with Crippen LogP contribution >= 0.6 is 11.8 Å². The minimum Gasteiger partial charge on any atom is -0.378 e. The molecular weight excluding hydrogens is 230 g/mol. The van der Waals surface area contributed by atoms with Gasteiger partial charge in [0.2, 0.25) is 0 Å². The van der Waals surface area contributed by atoms with Crippen LogP contribution in [0, 0.1) is 5.92 Å². The standard InChI is InChI=1S/C13H19N3S/c1-10-8-14-13(17-9-10)15-11-5-4-6-12(7-11)16(2)3/h4-7,10H,8-9H2,1-3H3,(H,14,15). The van der Waals surface area contributed by atoms with Crippen LogP contribution in [0.2, 0.25) is 0 Å². The Hall–Kier alpha value is -1.16. The van der Waals surface area contributed by atoms with Crippen LogP contribution in [-0.4, -0.2) is 31.6 Å². The largest absolute Gasteiger partial charge is 0.378 e. The number of thioether (sulfide) groups is 1. The molecule has 0 radical (unpaired) electrons. The molecule has 1 aromatic rings. The normalized spacial score (nSPS) is 19.7. The molecule has 1 atom stereocenters. The monoisotopic (exact) mass is 249 g/mol. The van der Waals surface area contributed by atoms with Gasteiger partial charge in [0.25, 0.3) is 0 Å². The molecule has 0 bridgehead atoms. The lowest BCUT2D eigenvalue weighted by Gasteiger charge is -2.19. The summed E-state index contributed by atoms with van der Waals surface area (Å²) >= 11 is 1.81. The fourth-order valence-electron chi connectivity index (χ4n) is 1.62. The lowest BCUT2D eigenvalue weighted by atomic mass is 10.2. The number of nitrogens with one attached hydrogen (secondary N) is 1. The van der Waals surface area contributed by atoms with Gasteiger partial charge in [0.05, 0.1) is 0 Å². The average molecular weight is 249 g/mol. The van der Waals surface area contributed by atoms with E-state index < -0.39 is 0 Å². The number of hydrogen-bond acceptors (Lipinski definition) is 4. The number of aliphatic imine (C=N–C) groups is 1. The first-order chi connectivity index (χ1) is 8.15. The molecule has 1 N–H and O–H groups in total. The summed E-state index contributed by atoms with van der Waals surface area (Å²) in [5.74, 6) is 1.85. The second kappa shape index (κ2) is 5.45. The topological polar surface area (TPSA) is 27.6 Å². The summed E-state index contributed by atoms with van der Waals surface area (Å²) in [4.78, 5) is 6.64. The van der Waals surface area contributed by atoms with E-state index in [-0.39, 0.29) is 0 Å². The summed E-state index contributed by atoms with van der Waals surface area (Å²) in [6, 6.07) is 8.38. The Morgan fingerprint density at radius 3 is 2.88 bits per heavy atom. The number of benzene rings is 1. The molecule has 0 spiro atoms. The molecule has 92 valence electrons. The Morgan fingerprint density at radius 2 is 2.24 bits per heavy atom. The van der Waals surface area contributed by atoms with E-state index >= 15 is 0 Å². The molecular formula is C13H19N3S. The number of nitrogens with zero attached hydrogens (tertiary/aromatic N) is 2. The maximum atomic E-state index is 4.54. The second-order valence-corrected chi connectivity index (χ2v) is 5.64. The molecule has 1 aliphatic heterocycles. The molecule has 1 heterocycles. The van der Waals surface area contributed by atoms with Crippen molar-refractivity contribution in [1.29, 1.82) is 0 Å². The minimum absolute atomic E-state index is 0.693. The summed E-state index contributed by atoms with van der Waals surface area (Å²) in [6.45, 7) is 3.17. The van der Waals surface area contributed by atoms with E-state index in [0.29, 0.717) is 5.92 Å². The van der Waals surface area contributed by atoms with E-state index in [0.717, 1.165) is 23.2 Å². The van der Waals surface area contributed by atoms with Crippen LogP contribution in [0.3, 0.4) is 0 Å². The zero-order valence-electron chi connectivity index (χ0n) is 10.6. The number of amidine groups is 1. The van der Waals surface area contributed by atoms with Crippen LogP contribution in [0.5, 0.6) is 0 Å². The fourth-order valence-corrected chi connectivity index (χ4v) is 2.52. The quantitative estimate of drug-likeness (QED) is 0.873. The molecule has 1 unspecified atom stereocenters. The van der Waals surface area contributed by atoms with Crippen molar-refractivity contribution in [1.82, 2.24) is 0 Å². The summed E-state index contributed by atoms with van der Waals surface area (Å²) < 4.78 is 0. The van der Waals surface area contributed by atoms with E-state index in [1.807, 2.05) is 14.1 Å². The van der Waals surface area contributed by atoms with Crippen molar-refractivity contribution in [2.24, 2.45) is 10.9 Å². The fraction of sp³-hybridized carbons (Fsp3) is 0.462. The van der Waals surface area contributed by atoms with Gasteiger partial charge in [0.15, 0.2) is 5.17 Å². The molecule has 3 nitrogen and oxygen atoms in total. The Morgan fingerprint density at radius 1 is 1.41 bits per heavy atom. The van der Waals surface area contributed by atoms with Gasteiger partial charge in [0, 0.05) is 37.8 Å². The van der Waals surface area contributed by atoms with Crippen LogP contribution in [0.1, 0.15) is 6.92 Å². The van der Waals surface area contributed by atoms with E-state index in [1.54, 1.807) is 11.8 Å². The van der Waals surface area contributed by atoms with Gasteiger partial charge in [-0.15, -0.1) is 0 Å². The zero-order valence-corrected chi connectivity index (χ0v) is 11.4. The molecule has 1 aromatic carbocycles. The maximum Gasteiger partial charge on any atom is 0.161 e. The third-order valence-electron chi connectivity index (χ3n) is 2.66. The second-order valence-electron chi connectivity index (χ2n) is 4.63. The maximum absolute atomic E-state index is 4.54. The van der Waals surface area contributed by atoms with Crippen molar-refractivity contribution in [3.8, 4) is 0 Å². The van der Waals surface area contributed by atoms with E-state index in [9.17, 15) is 0 Å². The Balaban J connectivity index is 2.06. The Kier molecular flexibility index (Phi) is 3.94. The van der Waals surface area contributed by atoms with Crippen molar-refractivity contribution in [2.75, 3.05) is 36.6 Å². The SMILES string of the molecule is CC1CN=C(Nc2cccc(N(C)C)c2)SC1. The molecule has 17 heavy (non-hydrogen) atoms. The lowest BCUT2D eigenvalue weighted by Crippen LogP contribution is -2.19. The van der Waals surface area contributed by atoms with Crippen molar-refractivity contribution in [3.63, 3.8) is 0 Å². The van der Waals surface area contributed by atoms with Gasteiger partial charge in [-0.3, -0.25) is 4.99 Å². The smallest absolute Gasteiger partial charge is 0.161 e. The van der Waals surface area contributed by atoms with Crippen molar-refractivity contribution < 1.29 is 0 Å². The summed E-state index contributed by atoms with van der Waals surface area (Å²) in [5, 5.41) is 4.42. The Bertz CT molecular complexity index is 415. The van der Waals surface area contributed by atoms with Crippen LogP contribution < -0.4 is 10.2 Å². The molecule has 1 aliphatic rings. The predicted molar refractivity (Wildman–Crippen MR) is 78.3 cm³/mol. The molecule has 0 aromatic heterocycles. The highest BCUT2D eigenvalue weighted by Crippen LogP contribution is 2.22. The molecule has 0 amide bonds. The highest BCUT2D eigenvalue weighted by Gasteiger charge is 2.12. The van der Waals surface area contributed by atoms with Gasteiger partial charge in [0.1, 0.15) is 0 Å². The van der Waals surface area contributed by atoms with Crippen molar-refractivity contribution in [2.45, 2.75) is 6.92 Å². The third kappa shape index (κ3) is 3.40. The van der Waals surface area contributed by atoms with Gasteiger partial charge in [-0.05, 0) is 24.1 Å². The number of anilines is 2. The highest BCUT2D eigenvalue weighted by atomic mass is 32.2. The van der Waals surface area contributed by atoms with Gasteiger partial charge < -0.3 is 10.2 Å². The summed E-state index contributed by atoms with van der Waals surface area (Å²) in [6.07, 6.45) is 0. The predicted octanol–water partition coefficient (Wildman–Crippen LogP) is 2.90. The van der Waals surface area contributed by atoms with Gasteiger partial charge >= 0.3 is 0 Å². The molecule has 0 aliphatic carbocycles. The molecule has 2 rings (SSSR count). The Labute approximate surface area is 107 Å². The van der Waals surface area contributed by atoms with Crippen molar-refractivity contribution >= 4 is 28.3 Å². The molecule has 0 saturated carbocycles. The van der Waals surface area contributed by atoms with E-state index in [4.69, 9.17) is 0 Å². The van der Waals surface area contributed by atoms with Crippen LogP contribution in [0.15, 0.2) is 29.3 Å². The van der Waals surface area contributed by atoms with E-state index in [1.165, 1.54) is 5.69 Å². The van der Waals surface area contributed by atoms with E-state index in [2.05, 4.69) is 46.4 Å². The van der Waals surface area contributed by atoms with Crippen LogP contribution in [0.4, 0.5) is 11.4 Å². The first-order valence-corrected chi connectivity index (χ1v) is 6.85. The molecule has 4 heteroatoms. The molecule has 0 fully saturated rings. The summed E-state index contributed by atoms with van der Waals surface area (Å²) in [5.41, 5.74) is 2.31. The van der Waals surface area contributed by atoms with Crippen LogP contribution in [0.25, 0.3) is 0 Å². The first kappa shape index (κ1) is 12.3. The van der Waals surface area contributed by atoms with Crippen LogP contribution in [-0.2, 0) is 0 Å². The minimum atomic E-state index is 0.693. The van der Waals surface area contributed by atoms with Gasteiger partial charge in [-0.2, -0.15) is 0 Å². The first-order valence-electron chi connectivity index (χ1n) is 5.87. The highest BCUT2D eigenvalue weighted by molar-refractivity contribution is 8.14. The number of hydrogen-bond donors (Lipinski definition) is 1. The third-order valence-corrected chi connectivity index (χ3v) is 3.91. The molecule has 0 saturated heterocycles. The van der Waals surface area contributed by atoms with Gasteiger partial charge in [-0.1, -0.05) is 24.8 Å². The zero-order chi connectivity index (χ0) is 12.3. The van der Waals surface area contributed by atoms with Gasteiger partial charge in [-0.25, -0.2) is 0 Å². The number of rotatable bonds is 2. The van der Waals surface area contributed by atoms with Crippen molar-refractivity contribution in [3.05, 3.63) is 24.3 Å². The average Bonchev–Trinajstić information content (AvgIpc) is 2.32.